The highest BCUT2D eigenvalue weighted by Gasteiger charge is 2.18. The number of carbonyl (C=O) groups excluding carboxylic acids is 2. The highest BCUT2D eigenvalue weighted by Crippen LogP contribution is 2.20. The number of ether oxygens (including phenoxy) is 2. The number of hydrogen-bond acceptors (Lipinski definition) is 6. The van der Waals surface area contributed by atoms with E-state index in [0.29, 0.717) is 31.0 Å². The predicted octanol–water partition coefficient (Wildman–Crippen LogP) is 1.79. The van der Waals surface area contributed by atoms with E-state index in [9.17, 15) is 9.59 Å². The molecule has 8 nitrogen and oxygen atoms in total. The molecule has 0 radical (unpaired) electrons. The van der Waals surface area contributed by atoms with Crippen LogP contribution in [0.25, 0.3) is 5.69 Å². The molecule has 1 amide bonds. The van der Waals surface area contributed by atoms with Crippen LogP contribution in [0.2, 0.25) is 0 Å². The number of hydrogen-bond donors (Lipinski definition) is 2. The first-order chi connectivity index (χ1) is 12.7. The molecule has 1 aliphatic rings. The number of amides is 1. The van der Waals surface area contributed by atoms with Gasteiger partial charge in [-0.1, -0.05) is 12.1 Å². The lowest BCUT2D eigenvalue weighted by Crippen LogP contribution is -2.43. The number of aromatic nitrogens is 2. The van der Waals surface area contributed by atoms with Gasteiger partial charge in [-0.3, -0.25) is 4.79 Å². The standard InChI is InChI=1S/C18H22N4O4.ClH/c1-2-26-18(24)15-7-9-22(21-15)16-6-4-3-5-14(16)20-17(23)11-13-12-25-10-8-19-13;/h3-7,9,13,19H,2,8,10-12H2,1H3,(H,20,23);1H. The topological polar surface area (TPSA) is 94.5 Å². The third kappa shape index (κ3) is 5.53. The van der Waals surface area contributed by atoms with Crippen molar-refractivity contribution in [3.8, 4) is 5.69 Å². The minimum absolute atomic E-state index is 0. The smallest absolute Gasteiger partial charge is 0.358 e. The Morgan fingerprint density at radius 1 is 1.37 bits per heavy atom. The second-order valence-corrected chi connectivity index (χ2v) is 5.86. The molecule has 1 atom stereocenters. The van der Waals surface area contributed by atoms with E-state index in [2.05, 4.69) is 15.7 Å². The summed E-state index contributed by atoms with van der Waals surface area (Å²) in [5.74, 6) is -0.589. The Bertz CT molecular complexity index is 774. The van der Waals surface area contributed by atoms with Gasteiger partial charge in [-0.2, -0.15) is 5.10 Å². The van der Waals surface area contributed by atoms with Gasteiger partial charge < -0.3 is 20.1 Å². The molecule has 146 valence electrons. The molecular weight excluding hydrogens is 372 g/mol. The maximum atomic E-state index is 12.4. The third-order valence-electron chi connectivity index (χ3n) is 3.93. The average molecular weight is 395 g/mol. The first kappa shape index (κ1) is 20.9. The molecule has 0 saturated carbocycles. The summed E-state index contributed by atoms with van der Waals surface area (Å²) in [5.41, 5.74) is 1.51. The zero-order valence-corrected chi connectivity index (χ0v) is 15.8. The quantitative estimate of drug-likeness (QED) is 0.725. The van der Waals surface area contributed by atoms with Crippen LogP contribution < -0.4 is 10.6 Å². The number of esters is 1. The van der Waals surface area contributed by atoms with Crippen LogP contribution in [0.4, 0.5) is 5.69 Å². The summed E-state index contributed by atoms with van der Waals surface area (Å²) < 4.78 is 11.9. The van der Waals surface area contributed by atoms with E-state index in [1.54, 1.807) is 29.9 Å². The third-order valence-corrected chi connectivity index (χ3v) is 3.93. The number of nitrogens with one attached hydrogen (secondary N) is 2. The Labute approximate surface area is 163 Å². The Kier molecular flexibility index (Phi) is 7.78. The van der Waals surface area contributed by atoms with Crippen molar-refractivity contribution >= 4 is 30.0 Å². The zero-order valence-electron chi connectivity index (χ0n) is 15.0. The highest BCUT2D eigenvalue weighted by molar-refractivity contribution is 5.93. The van der Waals surface area contributed by atoms with Crippen molar-refractivity contribution < 1.29 is 19.1 Å². The van der Waals surface area contributed by atoms with Gasteiger partial charge in [-0.15, -0.1) is 12.4 Å². The Balaban J connectivity index is 0.00000261. The minimum Gasteiger partial charge on any atom is -0.461 e. The first-order valence-electron chi connectivity index (χ1n) is 8.60. The maximum absolute atomic E-state index is 12.4. The zero-order chi connectivity index (χ0) is 18.4. The van der Waals surface area contributed by atoms with Gasteiger partial charge in [-0.25, -0.2) is 9.48 Å². The predicted molar refractivity (Wildman–Crippen MR) is 103 cm³/mol. The SMILES string of the molecule is CCOC(=O)c1ccn(-c2ccccc2NC(=O)CC2COCCN2)n1.Cl. The number of carbonyl (C=O) groups is 2. The van der Waals surface area contributed by atoms with Gasteiger partial charge in [0.1, 0.15) is 0 Å². The number of para-hydroxylation sites is 2. The fourth-order valence-corrected chi connectivity index (χ4v) is 2.73. The largest absolute Gasteiger partial charge is 0.461 e. The van der Waals surface area contributed by atoms with E-state index in [-0.39, 0.29) is 36.7 Å². The van der Waals surface area contributed by atoms with Gasteiger partial charge in [-0.05, 0) is 25.1 Å². The molecule has 27 heavy (non-hydrogen) atoms. The van der Waals surface area contributed by atoms with E-state index >= 15 is 0 Å². The van der Waals surface area contributed by atoms with E-state index in [1.807, 2.05) is 18.2 Å². The summed E-state index contributed by atoms with van der Waals surface area (Å²) in [5, 5.41) is 10.4. The van der Waals surface area contributed by atoms with Crippen LogP contribution in [-0.2, 0) is 14.3 Å². The number of nitrogens with zero attached hydrogens (tertiary/aromatic N) is 2. The Morgan fingerprint density at radius 2 is 2.19 bits per heavy atom. The normalized spacial score (nSPS) is 16.3. The average Bonchev–Trinajstić information content (AvgIpc) is 3.13. The molecule has 1 saturated heterocycles. The van der Waals surface area contributed by atoms with Gasteiger partial charge in [0.25, 0.3) is 0 Å². The second-order valence-electron chi connectivity index (χ2n) is 5.86. The lowest BCUT2D eigenvalue weighted by atomic mass is 10.2. The molecule has 2 heterocycles. The van der Waals surface area contributed by atoms with Gasteiger partial charge in [0.05, 0.1) is 31.2 Å². The maximum Gasteiger partial charge on any atom is 0.358 e. The lowest BCUT2D eigenvalue weighted by Gasteiger charge is -2.23. The van der Waals surface area contributed by atoms with Crippen molar-refractivity contribution in [2.45, 2.75) is 19.4 Å². The first-order valence-corrected chi connectivity index (χ1v) is 8.60. The minimum atomic E-state index is -0.476. The van der Waals surface area contributed by atoms with Crippen LogP contribution in [0.1, 0.15) is 23.8 Å². The fourth-order valence-electron chi connectivity index (χ4n) is 2.73. The van der Waals surface area contributed by atoms with Crippen molar-refractivity contribution in [3.63, 3.8) is 0 Å². The Morgan fingerprint density at radius 3 is 2.93 bits per heavy atom. The van der Waals surface area contributed by atoms with Crippen LogP contribution in [0.3, 0.4) is 0 Å². The molecule has 2 N–H and O–H groups in total. The molecule has 0 spiro atoms. The second kappa shape index (κ2) is 10.1. The molecule has 2 aromatic rings. The molecule has 3 rings (SSSR count). The van der Waals surface area contributed by atoms with Gasteiger partial charge in [0.15, 0.2) is 5.69 Å². The van der Waals surface area contributed by atoms with Gasteiger partial charge in [0, 0.05) is 25.2 Å². The summed E-state index contributed by atoms with van der Waals surface area (Å²) in [6, 6.07) is 8.88. The van der Waals surface area contributed by atoms with Crippen molar-refractivity contribution in [2.75, 3.05) is 31.7 Å². The molecule has 1 aliphatic heterocycles. The van der Waals surface area contributed by atoms with Crippen LogP contribution >= 0.6 is 12.4 Å². The number of benzene rings is 1. The molecule has 1 aromatic heterocycles. The molecule has 1 unspecified atom stereocenters. The molecular formula is C18H23ClN4O4. The van der Waals surface area contributed by atoms with E-state index in [0.717, 1.165) is 6.54 Å². The summed E-state index contributed by atoms with van der Waals surface area (Å²) in [4.78, 5) is 24.1. The number of morpholine rings is 1. The summed E-state index contributed by atoms with van der Waals surface area (Å²) >= 11 is 0. The molecule has 0 aliphatic carbocycles. The fraction of sp³-hybridized carbons (Fsp3) is 0.389. The highest BCUT2D eigenvalue weighted by atomic mass is 35.5. The number of anilines is 1. The van der Waals surface area contributed by atoms with Crippen molar-refractivity contribution in [1.29, 1.82) is 0 Å². The molecule has 9 heteroatoms. The van der Waals surface area contributed by atoms with Crippen LogP contribution in [-0.4, -0.2) is 54.1 Å². The van der Waals surface area contributed by atoms with Crippen molar-refractivity contribution in [3.05, 3.63) is 42.2 Å². The number of halogens is 1. The Hall–Kier alpha value is -2.42. The van der Waals surface area contributed by atoms with Crippen molar-refractivity contribution in [1.82, 2.24) is 15.1 Å². The van der Waals surface area contributed by atoms with Crippen molar-refractivity contribution in [2.24, 2.45) is 0 Å². The van der Waals surface area contributed by atoms with Crippen LogP contribution in [0.15, 0.2) is 36.5 Å². The van der Waals surface area contributed by atoms with Crippen LogP contribution in [0.5, 0.6) is 0 Å². The summed E-state index contributed by atoms with van der Waals surface area (Å²) in [6.45, 7) is 3.97. The molecule has 0 bridgehead atoms. The number of rotatable bonds is 6. The summed E-state index contributed by atoms with van der Waals surface area (Å²) in [7, 11) is 0. The molecule has 1 fully saturated rings. The summed E-state index contributed by atoms with van der Waals surface area (Å²) in [6.07, 6.45) is 1.98. The van der Waals surface area contributed by atoms with Gasteiger partial charge in [0.2, 0.25) is 5.91 Å². The van der Waals surface area contributed by atoms with E-state index in [4.69, 9.17) is 9.47 Å². The van der Waals surface area contributed by atoms with Gasteiger partial charge >= 0.3 is 5.97 Å². The molecule has 1 aromatic carbocycles. The lowest BCUT2D eigenvalue weighted by molar-refractivity contribution is -0.117. The van der Waals surface area contributed by atoms with E-state index in [1.165, 1.54) is 0 Å². The van der Waals surface area contributed by atoms with E-state index < -0.39 is 5.97 Å². The monoisotopic (exact) mass is 394 g/mol. The van der Waals surface area contributed by atoms with Crippen LogP contribution in [0, 0.1) is 0 Å².